The number of halogens is 6. The van der Waals surface area contributed by atoms with Crippen LogP contribution in [0, 0.1) is 0 Å². The molecule has 3 heterocycles. The molecule has 9 nitrogen and oxygen atoms in total. The molecule has 0 amide bonds. The second-order valence-corrected chi connectivity index (χ2v) is 8.13. The van der Waals surface area contributed by atoms with E-state index in [-0.39, 0.29) is 29.7 Å². The van der Waals surface area contributed by atoms with Gasteiger partial charge in [0, 0.05) is 24.5 Å². The van der Waals surface area contributed by atoms with E-state index in [1.54, 1.807) is 0 Å². The fourth-order valence-electron chi connectivity index (χ4n) is 3.17. The number of rotatable bonds is 7. The molecule has 2 fully saturated rings. The minimum atomic E-state index is -4.72. The Labute approximate surface area is 194 Å². The molecule has 0 aliphatic heterocycles. The van der Waals surface area contributed by atoms with Crippen molar-refractivity contribution in [1.29, 1.82) is 0 Å². The van der Waals surface area contributed by atoms with E-state index in [4.69, 9.17) is 0 Å². The average molecular weight is 497 g/mol. The van der Waals surface area contributed by atoms with Gasteiger partial charge >= 0.3 is 12.4 Å². The number of anilines is 5. The second-order valence-electron chi connectivity index (χ2n) is 8.13. The van der Waals surface area contributed by atoms with E-state index in [1.807, 2.05) is 0 Å². The lowest BCUT2D eigenvalue weighted by Crippen LogP contribution is -2.22. The largest absolute Gasteiger partial charge is 0.421 e. The van der Waals surface area contributed by atoms with E-state index in [1.165, 1.54) is 18.5 Å². The minimum Gasteiger partial charge on any atom is -0.367 e. The van der Waals surface area contributed by atoms with Crippen LogP contribution in [0.2, 0.25) is 0 Å². The van der Waals surface area contributed by atoms with Crippen molar-refractivity contribution in [2.24, 2.45) is 0 Å². The summed E-state index contributed by atoms with van der Waals surface area (Å²) in [6.45, 7) is 0. The number of hydrogen-bond acceptors (Lipinski definition) is 9. The molecule has 15 heteroatoms. The first-order valence-corrected chi connectivity index (χ1v) is 10.6. The third kappa shape index (κ3) is 5.17. The highest BCUT2D eigenvalue weighted by atomic mass is 19.4. The van der Waals surface area contributed by atoms with Crippen molar-refractivity contribution in [3.8, 4) is 0 Å². The van der Waals surface area contributed by atoms with Crippen LogP contribution in [0.4, 0.5) is 55.6 Å². The molecule has 0 radical (unpaired) electrons. The Morgan fingerprint density at radius 1 is 0.714 bits per heavy atom. The molecular formula is C20H17F6N9. The molecule has 5 rings (SSSR count). The minimum absolute atomic E-state index is 0.161. The maximum Gasteiger partial charge on any atom is 0.421 e. The van der Waals surface area contributed by atoms with Crippen molar-refractivity contribution < 1.29 is 26.3 Å². The Bertz CT molecular complexity index is 1130. The molecule has 35 heavy (non-hydrogen) atoms. The van der Waals surface area contributed by atoms with Crippen molar-refractivity contribution in [2.45, 2.75) is 50.1 Å². The van der Waals surface area contributed by atoms with E-state index < -0.39 is 35.1 Å². The zero-order chi connectivity index (χ0) is 24.8. The zero-order valence-electron chi connectivity index (χ0n) is 17.8. The zero-order valence-corrected chi connectivity index (χ0v) is 17.8. The lowest BCUT2D eigenvalue weighted by atomic mass is 10.3. The normalized spacial score (nSPS) is 16.2. The first-order chi connectivity index (χ1) is 16.6. The van der Waals surface area contributed by atoms with Crippen LogP contribution in [0.15, 0.2) is 30.9 Å². The van der Waals surface area contributed by atoms with Gasteiger partial charge in [-0.05, 0) is 31.7 Å². The van der Waals surface area contributed by atoms with Gasteiger partial charge in [-0.3, -0.25) is 0 Å². The topological polar surface area (TPSA) is 105 Å². The molecule has 2 N–H and O–H groups in total. The van der Waals surface area contributed by atoms with Gasteiger partial charge < -0.3 is 10.6 Å². The van der Waals surface area contributed by atoms with Crippen LogP contribution in [0.5, 0.6) is 0 Å². The molecule has 0 bridgehead atoms. The van der Waals surface area contributed by atoms with Crippen molar-refractivity contribution >= 4 is 29.2 Å². The summed E-state index contributed by atoms with van der Waals surface area (Å²) in [6, 6.07) is 1.11. The highest BCUT2D eigenvalue weighted by Gasteiger charge is 2.39. The molecule has 0 aromatic carbocycles. The van der Waals surface area contributed by atoms with E-state index in [0.29, 0.717) is 38.1 Å². The van der Waals surface area contributed by atoms with Gasteiger partial charge in [0.1, 0.15) is 22.8 Å². The van der Waals surface area contributed by atoms with Gasteiger partial charge in [-0.2, -0.15) is 46.5 Å². The fraction of sp³-hybridized carbons (Fsp3) is 0.400. The van der Waals surface area contributed by atoms with Crippen LogP contribution in [-0.2, 0) is 12.4 Å². The molecule has 2 saturated carbocycles. The smallest absolute Gasteiger partial charge is 0.367 e. The van der Waals surface area contributed by atoms with Crippen molar-refractivity contribution in [3.63, 3.8) is 0 Å². The Balaban J connectivity index is 1.63. The van der Waals surface area contributed by atoms with Gasteiger partial charge in [0.05, 0.1) is 18.1 Å². The van der Waals surface area contributed by atoms with Gasteiger partial charge in [0.15, 0.2) is 0 Å². The van der Waals surface area contributed by atoms with Crippen LogP contribution in [0.1, 0.15) is 36.8 Å². The van der Waals surface area contributed by atoms with Gasteiger partial charge in [0.25, 0.3) is 0 Å². The summed E-state index contributed by atoms with van der Waals surface area (Å²) in [5, 5.41) is 12.9. The molecule has 2 aliphatic carbocycles. The van der Waals surface area contributed by atoms with Gasteiger partial charge in [-0.1, -0.05) is 0 Å². The highest BCUT2D eigenvalue weighted by molar-refractivity contribution is 5.69. The number of nitrogens with one attached hydrogen (secondary N) is 2. The molecule has 184 valence electrons. The van der Waals surface area contributed by atoms with E-state index in [2.05, 4.69) is 40.8 Å². The monoisotopic (exact) mass is 497 g/mol. The van der Waals surface area contributed by atoms with Gasteiger partial charge in [-0.25, -0.2) is 14.9 Å². The molecule has 2 aliphatic rings. The van der Waals surface area contributed by atoms with Crippen LogP contribution < -0.4 is 15.5 Å². The Kier molecular flexibility index (Phi) is 5.56. The Hall–Kier alpha value is -3.78. The molecule has 3 aromatic heterocycles. The highest BCUT2D eigenvalue weighted by Crippen LogP contribution is 2.40. The first-order valence-electron chi connectivity index (χ1n) is 10.6. The lowest BCUT2D eigenvalue weighted by Gasteiger charge is -2.23. The van der Waals surface area contributed by atoms with Crippen molar-refractivity contribution in [2.75, 3.05) is 15.5 Å². The van der Waals surface area contributed by atoms with Crippen LogP contribution in [0.3, 0.4) is 0 Å². The molecule has 0 unspecified atom stereocenters. The second kappa shape index (κ2) is 8.46. The average Bonchev–Trinajstić information content (AvgIpc) is 3.71. The summed E-state index contributed by atoms with van der Waals surface area (Å²) in [5.74, 6) is -1.46. The maximum atomic E-state index is 13.5. The Morgan fingerprint density at radius 2 is 1.20 bits per heavy atom. The summed E-state index contributed by atoms with van der Waals surface area (Å²) in [4.78, 5) is 16.9. The maximum absolute atomic E-state index is 13.5. The summed E-state index contributed by atoms with van der Waals surface area (Å²) >= 11 is 0. The fourth-order valence-corrected chi connectivity index (χ4v) is 3.17. The third-order valence-electron chi connectivity index (χ3n) is 5.23. The van der Waals surface area contributed by atoms with E-state index >= 15 is 0 Å². The number of aromatic nitrogens is 6. The van der Waals surface area contributed by atoms with Crippen molar-refractivity contribution in [3.05, 3.63) is 42.0 Å². The van der Waals surface area contributed by atoms with E-state index in [0.717, 1.165) is 4.90 Å². The number of hydrogen-bond donors (Lipinski definition) is 2. The quantitative estimate of drug-likeness (QED) is 0.449. The predicted octanol–water partition coefficient (Wildman–Crippen LogP) is 4.71. The molecule has 3 aromatic rings. The summed E-state index contributed by atoms with van der Waals surface area (Å²) in [5.41, 5.74) is -1.94. The standard InChI is InChI=1S/C20H17F6N9/c21-19(22,23)13-8-27-17(33-15(13)31-10-1-2-10)35(12-5-6-29-30-7-12)18-28-9-14(20(24,25)26)16(34-18)32-11-3-4-11/h5-11H,1-4H2,(H,27,31,33)(H,28,32,34). The summed E-state index contributed by atoms with van der Waals surface area (Å²) in [6.07, 6.45) is -2.92. The van der Waals surface area contributed by atoms with E-state index in [9.17, 15) is 26.3 Å². The predicted molar refractivity (Wildman–Crippen MR) is 111 cm³/mol. The van der Waals surface area contributed by atoms with Gasteiger partial charge in [0.2, 0.25) is 11.9 Å². The molecule has 0 saturated heterocycles. The third-order valence-corrected chi connectivity index (χ3v) is 5.23. The van der Waals surface area contributed by atoms with Gasteiger partial charge in [-0.15, -0.1) is 0 Å². The number of nitrogens with zero attached hydrogens (tertiary/aromatic N) is 7. The molecular weight excluding hydrogens is 480 g/mol. The summed E-state index contributed by atoms with van der Waals surface area (Å²) < 4.78 is 81.3. The van der Waals surface area contributed by atoms with Crippen molar-refractivity contribution in [1.82, 2.24) is 30.1 Å². The van der Waals surface area contributed by atoms with Crippen LogP contribution >= 0.6 is 0 Å². The SMILES string of the molecule is FC(F)(F)c1cnc(N(c2ccnnc2)c2ncc(C(F)(F)F)c(NC3CC3)n2)nc1NC1CC1. The van der Waals surface area contributed by atoms with Crippen LogP contribution in [-0.4, -0.2) is 42.2 Å². The first kappa shape index (κ1) is 23.0. The Morgan fingerprint density at radius 3 is 1.57 bits per heavy atom. The lowest BCUT2D eigenvalue weighted by molar-refractivity contribution is -0.138. The summed E-state index contributed by atoms with van der Waals surface area (Å²) in [7, 11) is 0. The number of alkyl halides is 6. The molecule has 0 spiro atoms. The molecule has 0 atom stereocenters. The van der Waals surface area contributed by atoms with Crippen LogP contribution in [0.25, 0.3) is 0 Å².